The van der Waals surface area contributed by atoms with Crippen LogP contribution in [-0.4, -0.2) is 32.5 Å². The molecule has 7 nitrogen and oxygen atoms in total. The van der Waals surface area contributed by atoms with Crippen LogP contribution >= 0.6 is 0 Å². The lowest BCUT2D eigenvalue weighted by atomic mass is 10.1. The second-order valence-electron chi connectivity index (χ2n) is 4.79. The summed E-state index contributed by atoms with van der Waals surface area (Å²) in [5.74, 6) is -1.47. The summed E-state index contributed by atoms with van der Waals surface area (Å²) in [5.41, 5.74) is -0.0913. The van der Waals surface area contributed by atoms with Crippen molar-refractivity contribution in [3.63, 3.8) is 0 Å². The number of carbonyl (C=O) groups excluding carboxylic acids is 1. The van der Waals surface area contributed by atoms with Gasteiger partial charge < -0.3 is 9.84 Å². The Morgan fingerprint density at radius 3 is 2.35 bits per heavy atom. The Kier molecular flexibility index (Phi) is 3.33. The molecular weight excluding hydrogens is 322 g/mol. The van der Waals surface area contributed by atoms with Gasteiger partial charge in [0.15, 0.2) is 0 Å². The zero-order valence-corrected chi connectivity index (χ0v) is 12.7. The summed E-state index contributed by atoms with van der Waals surface area (Å²) in [6.45, 7) is 0. The number of hydrogen-bond acceptors (Lipinski definition) is 5. The minimum absolute atomic E-state index is 0.0502. The van der Waals surface area contributed by atoms with E-state index in [-0.39, 0.29) is 21.7 Å². The fourth-order valence-electron chi connectivity index (χ4n) is 2.34. The monoisotopic (exact) mass is 333 g/mol. The number of nitrogens with zero attached hydrogens (tertiary/aromatic N) is 1. The van der Waals surface area contributed by atoms with Crippen LogP contribution in [0.25, 0.3) is 0 Å². The molecule has 2 aromatic rings. The Balaban J connectivity index is 2.14. The van der Waals surface area contributed by atoms with Crippen molar-refractivity contribution >= 4 is 27.6 Å². The average Bonchev–Trinajstić information content (AvgIpc) is 2.74. The number of carboxylic acid groups (broad SMARTS) is 1. The van der Waals surface area contributed by atoms with Gasteiger partial charge in [0.05, 0.1) is 23.9 Å². The minimum Gasteiger partial charge on any atom is -0.497 e. The van der Waals surface area contributed by atoms with E-state index in [4.69, 9.17) is 9.84 Å². The van der Waals surface area contributed by atoms with Crippen molar-refractivity contribution in [3.05, 3.63) is 53.6 Å². The lowest BCUT2D eigenvalue weighted by Crippen LogP contribution is -2.29. The first-order valence-electron chi connectivity index (χ1n) is 6.47. The van der Waals surface area contributed by atoms with Crippen LogP contribution in [0.5, 0.6) is 5.75 Å². The molecule has 0 saturated heterocycles. The molecule has 0 bridgehead atoms. The standard InChI is InChI=1S/C15H11NO6S/c1-22-11-5-3-10(4-6-11)16-14(17)12-7-2-9(15(18)19)8-13(12)23(16,20)21/h2-8H,1H3,(H,18,19). The number of fused-ring (bicyclic) bond motifs is 1. The lowest BCUT2D eigenvalue weighted by Gasteiger charge is -2.15. The first-order valence-corrected chi connectivity index (χ1v) is 7.91. The van der Waals surface area contributed by atoms with Crippen molar-refractivity contribution in [1.29, 1.82) is 0 Å². The second kappa shape index (κ2) is 5.10. The van der Waals surface area contributed by atoms with Gasteiger partial charge in [-0.2, -0.15) is 4.31 Å². The molecule has 0 aliphatic carbocycles. The van der Waals surface area contributed by atoms with E-state index >= 15 is 0 Å². The maximum atomic E-state index is 12.6. The third-order valence-electron chi connectivity index (χ3n) is 3.47. The zero-order chi connectivity index (χ0) is 16.8. The number of carbonyl (C=O) groups is 2. The maximum absolute atomic E-state index is 12.6. The number of carboxylic acids is 1. The van der Waals surface area contributed by atoms with Gasteiger partial charge in [0, 0.05) is 0 Å². The molecule has 8 heteroatoms. The predicted molar refractivity (Wildman–Crippen MR) is 80.4 cm³/mol. The molecule has 0 unspecified atom stereocenters. The van der Waals surface area contributed by atoms with Crippen LogP contribution < -0.4 is 9.04 Å². The summed E-state index contributed by atoms with van der Waals surface area (Å²) in [4.78, 5) is 23.1. The normalized spacial score (nSPS) is 15.3. The molecule has 0 radical (unpaired) electrons. The van der Waals surface area contributed by atoms with E-state index in [1.807, 2.05) is 0 Å². The predicted octanol–water partition coefficient (Wildman–Crippen LogP) is 1.74. The molecule has 118 valence electrons. The van der Waals surface area contributed by atoms with Crippen LogP contribution in [-0.2, 0) is 10.0 Å². The number of aromatic carboxylic acids is 1. The van der Waals surface area contributed by atoms with Crippen molar-refractivity contribution in [2.24, 2.45) is 0 Å². The van der Waals surface area contributed by atoms with Crippen molar-refractivity contribution in [3.8, 4) is 5.75 Å². The lowest BCUT2D eigenvalue weighted by molar-refractivity contribution is 0.0696. The van der Waals surface area contributed by atoms with E-state index in [1.165, 1.54) is 43.5 Å². The van der Waals surface area contributed by atoms with Gasteiger partial charge in [-0.1, -0.05) is 0 Å². The summed E-state index contributed by atoms with van der Waals surface area (Å²) in [6, 6.07) is 9.35. The molecule has 1 heterocycles. The van der Waals surface area contributed by atoms with Crippen molar-refractivity contribution < 1.29 is 27.9 Å². The maximum Gasteiger partial charge on any atom is 0.335 e. The van der Waals surface area contributed by atoms with E-state index in [2.05, 4.69) is 0 Å². The Labute approximate surface area is 131 Å². The van der Waals surface area contributed by atoms with Gasteiger partial charge in [-0.25, -0.2) is 13.2 Å². The minimum atomic E-state index is -4.14. The van der Waals surface area contributed by atoms with Gasteiger partial charge in [-0.3, -0.25) is 4.79 Å². The molecular formula is C15H11NO6S. The van der Waals surface area contributed by atoms with E-state index < -0.39 is 21.9 Å². The third kappa shape index (κ3) is 2.23. The number of hydrogen-bond donors (Lipinski definition) is 1. The van der Waals surface area contributed by atoms with E-state index in [0.29, 0.717) is 10.1 Å². The number of anilines is 1. The molecule has 0 atom stereocenters. The van der Waals surface area contributed by atoms with Crippen molar-refractivity contribution in [2.75, 3.05) is 11.4 Å². The quantitative estimate of drug-likeness (QED) is 0.918. The molecule has 0 fully saturated rings. The van der Waals surface area contributed by atoms with Crippen LogP contribution in [0.4, 0.5) is 5.69 Å². The second-order valence-corrected chi connectivity index (χ2v) is 6.54. The van der Waals surface area contributed by atoms with E-state index in [0.717, 1.165) is 6.07 Å². The SMILES string of the molecule is COc1ccc(N2C(=O)c3ccc(C(=O)O)cc3S2(=O)=O)cc1. The Morgan fingerprint density at radius 1 is 1.13 bits per heavy atom. The fourth-order valence-corrected chi connectivity index (χ4v) is 3.96. The summed E-state index contributed by atoms with van der Waals surface area (Å²) >= 11 is 0. The fraction of sp³-hybridized carbons (Fsp3) is 0.0667. The van der Waals surface area contributed by atoms with Gasteiger partial charge in [0.2, 0.25) is 0 Å². The molecule has 1 aliphatic rings. The summed E-state index contributed by atoms with van der Waals surface area (Å²) in [6.07, 6.45) is 0. The zero-order valence-electron chi connectivity index (χ0n) is 11.9. The molecule has 1 N–H and O–H groups in total. The Hall–Kier alpha value is -2.87. The number of benzene rings is 2. The van der Waals surface area contributed by atoms with E-state index in [1.54, 1.807) is 0 Å². The number of methoxy groups -OCH3 is 1. The molecule has 2 aromatic carbocycles. The van der Waals surface area contributed by atoms with Crippen LogP contribution in [0.2, 0.25) is 0 Å². The third-order valence-corrected chi connectivity index (χ3v) is 5.22. The highest BCUT2D eigenvalue weighted by Gasteiger charge is 2.42. The Bertz CT molecular complexity index is 917. The van der Waals surface area contributed by atoms with Gasteiger partial charge in [0.1, 0.15) is 10.6 Å². The molecule has 1 aliphatic heterocycles. The molecule has 1 amide bonds. The number of amides is 1. The first-order chi connectivity index (χ1) is 10.9. The van der Waals surface area contributed by atoms with Gasteiger partial charge >= 0.3 is 5.97 Å². The van der Waals surface area contributed by atoms with E-state index in [9.17, 15) is 18.0 Å². The van der Waals surface area contributed by atoms with Crippen molar-refractivity contribution in [1.82, 2.24) is 0 Å². The largest absolute Gasteiger partial charge is 0.497 e. The topological polar surface area (TPSA) is 101 Å². The van der Waals surface area contributed by atoms with Crippen LogP contribution in [0.1, 0.15) is 20.7 Å². The number of ether oxygens (including phenoxy) is 1. The smallest absolute Gasteiger partial charge is 0.335 e. The summed E-state index contributed by atoms with van der Waals surface area (Å²) in [5, 5.41) is 8.99. The van der Waals surface area contributed by atoms with Gasteiger partial charge in [-0.05, 0) is 42.5 Å². The van der Waals surface area contributed by atoms with Crippen LogP contribution in [0, 0.1) is 0 Å². The summed E-state index contributed by atoms with van der Waals surface area (Å²) in [7, 11) is -2.68. The number of rotatable bonds is 3. The molecule has 0 aromatic heterocycles. The highest BCUT2D eigenvalue weighted by molar-refractivity contribution is 7.94. The van der Waals surface area contributed by atoms with Gasteiger partial charge in [0.25, 0.3) is 15.9 Å². The highest BCUT2D eigenvalue weighted by atomic mass is 32.2. The van der Waals surface area contributed by atoms with Crippen LogP contribution in [0.3, 0.4) is 0 Å². The molecule has 23 heavy (non-hydrogen) atoms. The number of sulfonamides is 1. The molecule has 0 saturated carbocycles. The highest BCUT2D eigenvalue weighted by Crippen LogP contribution is 2.35. The van der Waals surface area contributed by atoms with Gasteiger partial charge in [-0.15, -0.1) is 0 Å². The molecule has 0 spiro atoms. The Morgan fingerprint density at radius 2 is 1.78 bits per heavy atom. The molecule has 3 rings (SSSR count). The van der Waals surface area contributed by atoms with Crippen molar-refractivity contribution in [2.45, 2.75) is 4.90 Å². The van der Waals surface area contributed by atoms with Crippen LogP contribution in [0.15, 0.2) is 47.4 Å². The first kappa shape index (κ1) is 15.0. The summed E-state index contributed by atoms with van der Waals surface area (Å²) < 4.78 is 30.9. The average molecular weight is 333 g/mol.